The monoisotopic (exact) mass is 290 g/mol. The molecule has 0 spiro atoms. The Morgan fingerprint density at radius 3 is 2.20 bits per heavy atom. The third-order valence-electron chi connectivity index (χ3n) is 2.99. The normalized spacial score (nSPS) is 13.5. The van der Waals surface area contributed by atoms with E-state index in [0.29, 0.717) is 0 Å². The highest BCUT2D eigenvalue weighted by Crippen LogP contribution is 2.18. The predicted molar refractivity (Wildman–Crippen MR) is 78.5 cm³/mol. The first kappa shape index (κ1) is 14.5. The van der Waals surface area contributed by atoms with Gasteiger partial charge in [-0.1, -0.05) is 42.5 Å². The molecule has 1 atom stereocenters. The third-order valence-corrected chi connectivity index (χ3v) is 5.06. The van der Waals surface area contributed by atoms with Gasteiger partial charge in [-0.15, -0.1) is 0 Å². The van der Waals surface area contributed by atoms with Crippen molar-refractivity contribution in [2.24, 2.45) is 0 Å². The molecule has 0 saturated carbocycles. The molecule has 0 aliphatic heterocycles. The van der Waals surface area contributed by atoms with Gasteiger partial charge in [-0.05, 0) is 36.8 Å². The summed E-state index contributed by atoms with van der Waals surface area (Å²) in [5.41, 5.74) is 0.939. The van der Waals surface area contributed by atoms with Crippen LogP contribution in [-0.4, -0.2) is 13.7 Å². The van der Waals surface area contributed by atoms with Crippen molar-refractivity contribution in [2.45, 2.75) is 17.1 Å². The first-order valence-corrected chi connectivity index (χ1v) is 7.77. The van der Waals surface area contributed by atoms with E-state index in [0.717, 1.165) is 17.7 Å². The number of rotatable bonds is 4. The second kappa shape index (κ2) is 6.01. The fraction of sp³-hybridized carbons (Fsp3) is 0.125. The van der Waals surface area contributed by atoms with Crippen molar-refractivity contribution in [1.82, 2.24) is 0 Å². The zero-order valence-electron chi connectivity index (χ0n) is 11.0. The van der Waals surface area contributed by atoms with Crippen LogP contribution in [0.2, 0.25) is 0 Å². The Morgan fingerprint density at radius 2 is 1.60 bits per heavy atom. The van der Waals surface area contributed by atoms with Gasteiger partial charge < -0.3 is 0 Å². The van der Waals surface area contributed by atoms with Gasteiger partial charge in [-0.25, -0.2) is 12.8 Å². The largest absolute Gasteiger partial charge is 0.223 e. The van der Waals surface area contributed by atoms with Gasteiger partial charge in [0.2, 0.25) is 0 Å². The molecule has 20 heavy (non-hydrogen) atoms. The van der Waals surface area contributed by atoms with E-state index < -0.39 is 20.9 Å². The minimum absolute atomic E-state index is 0.129. The number of benzene rings is 2. The highest BCUT2D eigenvalue weighted by atomic mass is 32.2. The van der Waals surface area contributed by atoms with Crippen molar-refractivity contribution in [3.8, 4) is 0 Å². The summed E-state index contributed by atoms with van der Waals surface area (Å²) < 4.78 is 37.4. The Balaban J connectivity index is 2.21. The number of hydrogen-bond donors (Lipinski definition) is 0. The maximum atomic E-state index is 12.8. The molecule has 0 fully saturated rings. The molecular formula is C16H15FO2S. The molecule has 0 N–H and O–H groups in total. The van der Waals surface area contributed by atoms with E-state index in [2.05, 4.69) is 0 Å². The highest BCUT2D eigenvalue weighted by molar-refractivity contribution is 7.92. The Hall–Kier alpha value is -1.94. The zero-order chi connectivity index (χ0) is 14.6. The predicted octanol–water partition coefficient (Wildman–Crippen LogP) is 3.70. The minimum Gasteiger partial charge on any atom is -0.223 e. The molecule has 0 aromatic heterocycles. The van der Waals surface area contributed by atoms with Crippen molar-refractivity contribution < 1.29 is 12.8 Å². The van der Waals surface area contributed by atoms with Crippen molar-refractivity contribution in [2.75, 3.05) is 0 Å². The molecule has 0 aliphatic carbocycles. The fourth-order valence-corrected chi connectivity index (χ4v) is 2.98. The van der Waals surface area contributed by atoms with E-state index in [1.165, 1.54) is 12.1 Å². The lowest BCUT2D eigenvalue weighted by molar-refractivity contribution is 0.590. The zero-order valence-corrected chi connectivity index (χ0v) is 11.8. The van der Waals surface area contributed by atoms with E-state index in [-0.39, 0.29) is 4.90 Å². The van der Waals surface area contributed by atoms with Crippen LogP contribution in [0, 0.1) is 5.82 Å². The molecule has 1 unspecified atom stereocenters. The number of sulfone groups is 1. The average molecular weight is 290 g/mol. The molecule has 0 heterocycles. The van der Waals surface area contributed by atoms with Gasteiger partial charge in [-0.2, -0.15) is 0 Å². The van der Waals surface area contributed by atoms with Gasteiger partial charge in [0, 0.05) is 0 Å². The van der Waals surface area contributed by atoms with Crippen LogP contribution in [0.4, 0.5) is 4.39 Å². The van der Waals surface area contributed by atoms with Crippen molar-refractivity contribution in [3.05, 3.63) is 72.1 Å². The number of halogens is 1. The molecule has 2 nitrogen and oxygen atoms in total. The van der Waals surface area contributed by atoms with E-state index in [9.17, 15) is 12.8 Å². The summed E-state index contributed by atoms with van der Waals surface area (Å²) in [4.78, 5) is 0.129. The summed E-state index contributed by atoms with van der Waals surface area (Å²) in [5, 5.41) is -0.673. The molecular weight excluding hydrogens is 275 g/mol. The maximum Gasteiger partial charge on any atom is 0.184 e. The van der Waals surface area contributed by atoms with Crippen molar-refractivity contribution in [3.63, 3.8) is 0 Å². The van der Waals surface area contributed by atoms with Gasteiger partial charge >= 0.3 is 0 Å². The SMILES string of the molecule is CC(/C=C/c1ccccc1)S(=O)(=O)c1ccc(F)cc1. The van der Waals surface area contributed by atoms with Crippen LogP contribution in [0.25, 0.3) is 6.08 Å². The Bertz CT molecular complexity index is 689. The van der Waals surface area contributed by atoms with Crippen LogP contribution in [-0.2, 0) is 9.84 Å². The molecule has 2 aromatic rings. The van der Waals surface area contributed by atoms with Crippen LogP contribution in [0.3, 0.4) is 0 Å². The van der Waals surface area contributed by atoms with Crippen LogP contribution >= 0.6 is 0 Å². The summed E-state index contributed by atoms with van der Waals surface area (Å²) in [7, 11) is -3.48. The van der Waals surface area contributed by atoms with Crippen LogP contribution in [0.5, 0.6) is 0 Å². The molecule has 2 rings (SSSR count). The molecule has 0 aliphatic rings. The maximum absolute atomic E-state index is 12.8. The lowest BCUT2D eigenvalue weighted by Crippen LogP contribution is -2.15. The van der Waals surface area contributed by atoms with Gasteiger partial charge in [0.25, 0.3) is 0 Å². The summed E-state index contributed by atoms with van der Waals surface area (Å²) in [6.07, 6.45) is 3.40. The van der Waals surface area contributed by atoms with E-state index >= 15 is 0 Å². The smallest absolute Gasteiger partial charge is 0.184 e. The number of hydrogen-bond acceptors (Lipinski definition) is 2. The van der Waals surface area contributed by atoms with E-state index in [1.807, 2.05) is 30.3 Å². The summed E-state index contributed by atoms with van der Waals surface area (Å²) in [6, 6.07) is 14.4. The highest BCUT2D eigenvalue weighted by Gasteiger charge is 2.20. The second-order valence-corrected chi connectivity index (χ2v) is 6.78. The molecule has 0 bridgehead atoms. The molecule has 0 amide bonds. The molecule has 104 valence electrons. The molecule has 4 heteroatoms. The summed E-state index contributed by atoms with van der Waals surface area (Å²) >= 11 is 0. The minimum atomic E-state index is -3.48. The fourth-order valence-electron chi connectivity index (χ4n) is 1.75. The first-order valence-electron chi connectivity index (χ1n) is 6.23. The van der Waals surface area contributed by atoms with E-state index in [4.69, 9.17) is 0 Å². The van der Waals surface area contributed by atoms with Gasteiger partial charge in [0.1, 0.15) is 5.82 Å². The summed E-state index contributed by atoms with van der Waals surface area (Å²) in [6.45, 7) is 1.61. The topological polar surface area (TPSA) is 34.1 Å². The van der Waals surface area contributed by atoms with E-state index in [1.54, 1.807) is 19.1 Å². The molecule has 0 saturated heterocycles. The van der Waals surface area contributed by atoms with Gasteiger partial charge in [0.15, 0.2) is 9.84 Å². The lowest BCUT2D eigenvalue weighted by Gasteiger charge is -2.08. The third kappa shape index (κ3) is 3.33. The van der Waals surface area contributed by atoms with Crippen molar-refractivity contribution >= 4 is 15.9 Å². The van der Waals surface area contributed by atoms with Crippen LogP contribution in [0.15, 0.2) is 65.6 Å². The Kier molecular flexibility index (Phi) is 4.35. The first-order chi connectivity index (χ1) is 9.50. The Labute approximate surface area is 118 Å². The van der Waals surface area contributed by atoms with Crippen LogP contribution < -0.4 is 0 Å². The van der Waals surface area contributed by atoms with Gasteiger partial charge in [0.05, 0.1) is 10.1 Å². The average Bonchev–Trinajstić information content (AvgIpc) is 2.46. The van der Waals surface area contributed by atoms with Crippen molar-refractivity contribution in [1.29, 1.82) is 0 Å². The summed E-state index contributed by atoms with van der Waals surface area (Å²) in [5.74, 6) is -0.448. The Morgan fingerprint density at radius 1 is 1.00 bits per heavy atom. The molecule has 2 aromatic carbocycles. The van der Waals surface area contributed by atoms with Gasteiger partial charge in [-0.3, -0.25) is 0 Å². The lowest BCUT2D eigenvalue weighted by atomic mass is 10.2. The molecule has 0 radical (unpaired) electrons. The standard InChI is InChI=1S/C16H15FO2S/c1-13(7-8-14-5-3-2-4-6-14)20(18,19)16-11-9-15(17)10-12-16/h2-13H,1H3/b8-7+. The van der Waals surface area contributed by atoms with Crippen LogP contribution in [0.1, 0.15) is 12.5 Å². The second-order valence-electron chi connectivity index (χ2n) is 4.47. The quantitative estimate of drug-likeness (QED) is 0.805.